The van der Waals surface area contributed by atoms with Crippen LogP contribution in [0.3, 0.4) is 0 Å². The molecule has 8 heteroatoms. The molecule has 156 valence electrons. The maximum absolute atomic E-state index is 13.0. The lowest BCUT2D eigenvalue weighted by Crippen LogP contribution is -2.27. The molecule has 1 N–H and O–H groups in total. The van der Waals surface area contributed by atoms with Crippen LogP contribution in [0.4, 0.5) is 11.4 Å². The van der Waals surface area contributed by atoms with Crippen LogP contribution in [0.2, 0.25) is 5.02 Å². The van der Waals surface area contributed by atoms with E-state index in [0.29, 0.717) is 33.3 Å². The Morgan fingerprint density at radius 1 is 1.03 bits per heavy atom. The van der Waals surface area contributed by atoms with Crippen molar-refractivity contribution in [2.24, 2.45) is 0 Å². The molecular weight excluding hydrogens is 424 g/mol. The van der Waals surface area contributed by atoms with Crippen molar-refractivity contribution in [3.05, 3.63) is 82.9 Å². The number of benzene rings is 3. The van der Waals surface area contributed by atoms with Gasteiger partial charge in [-0.1, -0.05) is 29.8 Å². The molecule has 0 saturated carbocycles. The van der Waals surface area contributed by atoms with E-state index in [0.717, 1.165) is 4.31 Å². The highest BCUT2D eigenvalue weighted by atomic mass is 35.5. The number of para-hydroxylation sites is 2. The Kier molecular flexibility index (Phi) is 6.34. The average molecular weight is 445 g/mol. The van der Waals surface area contributed by atoms with Crippen LogP contribution in [0.15, 0.2) is 71.6 Å². The van der Waals surface area contributed by atoms with E-state index >= 15 is 0 Å². The third-order valence-electron chi connectivity index (χ3n) is 4.64. The predicted molar refractivity (Wildman–Crippen MR) is 119 cm³/mol. The molecule has 0 aliphatic heterocycles. The number of nitrogens with zero attached hydrogens (tertiary/aromatic N) is 1. The van der Waals surface area contributed by atoms with Crippen molar-refractivity contribution >= 4 is 38.9 Å². The number of ether oxygens (including phenoxy) is 1. The standard InChI is InChI=1S/C22H21ClN2O4S/c1-15-8-9-16(22(26)24-19-6-4-5-7-21(19)29-3)14-20(15)25(2)30(27,28)18-12-10-17(23)11-13-18/h4-14H,1-3H3,(H,24,26). The van der Waals surface area contributed by atoms with Gasteiger partial charge in [-0.25, -0.2) is 8.42 Å². The summed E-state index contributed by atoms with van der Waals surface area (Å²) < 4.78 is 32.4. The number of nitrogens with one attached hydrogen (secondary N) is 1. The summed E-state index contributed by atoms with van der Waals surface area (Å²) in [5.74, 6) is 0.152. The summed E-state index contributed by atoms with van der Waals surface area (Å²) in [5.41, 5.74) is 1.95. The van der Waals surface area contributed by atoms with E-state index < -0.39 is 10.0 Å². The number of halogens is 1. The number of carbonyl (C=O) groups excluding carboxylic acids is 1. The minimum Gasteiger partial charge on any atom is -0.495 e. The predicted octanol–water partition coefficient (Wildman–Crippen LogP) is 4.73. The van der Waals surface area contributed by atoms with Crippen molar-refractivity contribution in [2.45, 2.75) is 11.8 Å². The van der Waals surface area contributed by atoms with E-state index in [2.05, 4.69) is 5.32 Å². The SMILES string of the molecule is COc1ccccc1NC(=O)c1ccc(C)c(N(C)S(=O)(=O)c2ccc(Cl)cc2)c1. The fraction of sp³-hybridized carbons (Fsp3) is 0.136. The summed E-state index contributed by atoms with van der Waals surface area (Å²) in [6, 6.07) is 17.9. The monoisotopic (exact) mass is 444 g/mol. The average Bonchev–Trinajstić information content (AvgIpc) is 2.74. The van der Waals surface area contributed by atoms with Crippen LogP contribution in [0.5, 0.6) is 5.75 Å². The van der Waals surface area contributed by atoms with Gasteiger partial charge in [0.2, 0.25) is 0 Å². The first-order valence-corrected chi connectivity index (χ1v) is 10.9. The van der Waals surface area contributed by atoms with Gasteiger partial charge in [-0.2, -0.15) is 0 Å². The number of amides is 1. The molecule has 3 aromatic rings. The molecule has 6 nitrogen and oxygen atoms in total. The molecule has 0 spiro atoms. The minimum absolute atomic E-state index is 0.109. The maximum atomic E-state index is 13.0. The van der Waals surface area contributed by atoms with Gasteiger partial charge in [0.05, 0.1) is 23.4 Å². The first-order chi connectivity index (χ1) is 14.2. The van der Waals surface area contributed by atoms with Gasteiger partial charge in [-0.15, -0.1) is 0 Å². The summed E-state index contributed by atoms with van der Waals surface area (Å²) >= 11 is 5.87. The number of anilines is 2. The van der Waals surface area contributed by atoms with Gasteiger partial charge in [0, 0.05) is 17.6 Å². The summed E-state index contributed by atoms with van der Waals surface area (Å²) in [5, 5.41) is 3.24. The van der Waals surface area contributed by atoms with Gasteiger partial charge in [0.1, 0.15) is 5.75 Å². The van der Waals surface area contributed by atoms with Crippen molar-refractivity contribution in [3.63, 3.8) is 0 Å². The van der Waals surface area contributed by atoms with Crippen molar-refractivity contribution < 1.29 is 17.9 Å². The molecule has 30 heavy (non-hydrogen) atoms. The molecular formula is C22H21ClN2O4S. The van der Waals surface area contributed by atoms with Crippen molar-refractivity contribution in [3.8, 4) is 5.75 Å². The number of aryl methyl sites for hydroxylation is 1. The summed E-state index contributed by atoms with van der Waals surface area (Å²) in [4.78, 5) is 12.9. The lowest BCUT2D eigenvalue weighted by molar-refractivity contribution is 0.102. The van der Waals surface area contributed by atoms with Crippen LogP contribution in [-0.4, -0.2) is 28.5 Å². The van der Waals surface area contributed by atoms with E-state index in [-0.39, 0.29) is 10.8 Å². The quantitative estimate of drug-likeness (QED) is 0.596. The highest BCUT2D eigenvalue weighted by Crippen LogP contribution is 2.28. The Hall–Kier alpha value is -3.03. The molecule has 0 atom stereocenters. The second kappa shape index (κ2) is 8.77. The van der Waals surface area contributed by atoms with Crippen LogP contribution >= 0.6 is 11.6 Å². The topological polar surface area (TPSA) is 75.7 Å². The lowest BCUT2D eigenvalue weighted by Gasteiger charge is -2.22. The number of sulfonamides is 1. The van der Waals surface area contributed by atoms with Crippen LogP contribution in [-0.2, 0) is 10.0 Å². The Bertz CT molecular complexity index is 1180. The van der Waals surface area contributed by atoms with Gasteiger partial charge in [0.25, 0.3) is 15.9 Å². The van der Waals surface area contributed by atoms with Crippen molar-refractivity contribution in [1.82, 2.24) is 0 Å². The maximum Gasteiger partial charge on any atom is 0.264 e. The highest BCUT2D eigenvalue weighted by molar-refractivity contribution is 7.92. The van der Waals surface area contributed by atoms with Crippen LogP contribution in [0.25, 0.3) is 0 Å². The Morgan fingerprint density at radius 2 is 1.70 bits per heavy atom. The van der Waals surface area contributed by atoms with E-state index in [4.69, 9.17) is 16.3 Å². The third-order valence-corrected chi connectivity index (χ3v) is 6.68. The largest absolute Gasteiger partial charge is 0.495 e. The lowest BCUT2D eigenvalue weighted by atomic mass is 10.1. The molecule has 3 aromatic carbocycles. The molecule has 0 unspecified atom stereocenters. The smallest absolute Gasteiger partial charge is 0.264 e. The summed E-state index contributed by atoms with van der Waals surface area (Å²) in [6.45, 7) is 1.78. The Balaban J connectivity index is 1.92. The Labute approximate surface area is 181 Å². The second-order valence-corrected chi connectivity index (χ2v) is 8.99. The zero-order valence-corrected chi connectivity index (χ0v) is 18.3. The zero-order chi connectivity index (χ0) is 21.9. The normalized spacial score (nSPS) is 11.1. The third kappa shape index (κ3) is 4.42. The van der Waals surface area contributed by atoms with Gasteiger partial charge >= 0.3 is 0 Å². The van der Waals surface area contributed by atoms with E-state index in [1.54, 1.807) is 49.4 Å². The fourth-order valence-electron chi connectivity index (χ4n) is 2.93. The molecule has 0 radical (unpaired) electrons. The summed E-state index contributed by atoms with van der Waals surface area (Å²) in [7, 11) is -0.848. The molecule has 0 saturated heterocycles. The van der Waals surface area contributed by atoms with E-state index in [9.17, 15) is 13.2 Å². The highest BCUT2D eigenvalue weighted by Gasteiger charge is 2.23. The van der Waals surface area contributed by atoms with Gasteiger partial charge in [-0.3, -0.25) is 9.10 Å². The number of rotatable bonds is 6. The number of hydrogen-bond acceptors (Lipinski definition) is 4. The molecule has 0 fully saturated rings. The Morgan fingerprint density at radius 3 is 2.37 bits per heavy atom. The van der Waals surface area contributed by atoms with Crippen molar-refractivity contribution in [2.75, 3.05) is 23.8 Å². The first-order valence-electron chi connectivity index (χ1n) is 9.03. The molecule has 0 aliphatic carbocycles. The van der Waals surface area contributed by atoms with Gasteiger partial charge < -0.3 is 10.1 Å². The molecule has 0 aromatic heterocycles. The minimum atomic E-state index is -3.82. The number of hydrogen-bond donors (Lipinski definition) is 1. The van der Waals surface area contributed by atoms with E-state index in [1.807, 2.05) is 0 Å². The first kappa shape index (κ1) is 21.7. The number of methoxy groups -OCH3 is 1. The zero-order valence-electron chi connectivity index (χ0n) is 16.7. The molecule has 1 amide bonds. The molecule has 3 rings (SSSR count). The molecule has 0 heterocycles. The van der Waals surface area contributed by atoms with Gasteiger partial charge in [-0.05, 0) is 61.0 Å². The molecule has 0 aliphatic rings. The number of carbonyl (C=O) groups is 1. The van der Waals surface area contributed by atoms with Crippen LogP contribution < -0.4 is 14.4 Å². The molecule has 0 bridgehead atoms. The second-order valence-electron chi connectivity index (χ2n) is 6.58. The fourth-order valence-corrected chi connectivity index (χ4v) is 4.30. The van der Waals surface area contributed by atoms with Crippen LogP contribution in [0, 0.1) is 6.92 Å². The summed E-state index contributed by atoms with van der Waals surface area (Å²) in [6.07, 6.45) is 0. The van der Waals surface area contributed by atoms with Crippen LogP contribution in [0.1, 0.15) is 15.9 Å². The van der Waals surface area contributed by atoms with Gasteiger partial charge in [0.15, 0.2) is 0 Å². The van der Waals surface area contributed by atoms with E-state index in [1.165, 1.54) is 38.4 Å². The van der Waals surface area contributed by atoms with Crippen molar-refractivity contribution in [1.29, 1.82) is 0 Å².